The molecule has 0 saturated heterocycles. The summed E-state index contributed by atoms with van der Waals surface area (Å²) in [6.45, 7) is 3.10. The molecular formula is C42H31F3N8O6RuS2. The minimum Gasteiger partial charge on any atom is -0.753 e. The maximum Gasteiger partial charge on any atom is 2.00 e. The van der Waals surface area contributed by atoms with E-state index in [2.05, 4.69) is 72.4 Å². The van der Waals surface area contributed by atoms with Crippen LogP contribution in [0.4, 0.5) is 23.9 Å². The molecule has 14 nitrogen and oxygen atoms in total. The van der Waals surface area contributed by atoms with E-state index in [4.69, 9.17) is 15.6 Å². The number of aromatic nitrogens is 6. The molecule has 7 rings (SSSR count). The Morgan fingerprint density at radius 2 is 1.34 bits per heavy atom. The number of nitrogens with zero attached hydrogens (tertiary/aromatic N) is 8. The van der Waals surface area contributed by atoms with E-state index in [0.717, 1.165) is 46.6 Å². The molecule has 0 atom stereocenters. The number of rotatable bonds is 12. The van der Waals surface area contributed by atoms with Gasteiger partial charge in [-0.3, -0.25) is 15.0 Å². The van der Waals surface area contributed by atoms with Crippen molar-refractivity contribution in [1.82, 2.24) is 30.1 Å². The Bertz CT molecular complexity index is 2600. The minimum absolute atomic E-state index is 0. The van der Waals surface area contributed by atoms with Crippen LogP contribution in [-0.4, -0.2) is 70.0 Å². The number of benzene rings is 1. The smallest absolute Gasteiger partial charge is 0.753 e. The number of carboxylic acid groups (broad SMARTS) is 3. The summed E-state index contributed by atoms with van der Waals surface area (Å²) in [7, 11) is 0. The molecule has 0 aliphatic heterocycles. The molecular weight excluding hydrogens is 935 g/mol. The second-order valence-electron chi connectivity index (χ2n) is 12.5. The largest absolute Gasteiger partial charge is 2.00 e. The van der Waals surface area contributed by atoms with E-state index in [9.17, 15) is 32.7 Å². The Morgan fingerprint density at radius 3 is 1.82 bits per heavy atom. The number of thiocarbonyl (C=S) groups is 1. The Labute approximate surface area is 373 Å². The molecule has 6 aromatic heterocycles. The standard InChI is InChI=1S/C23H20F3N4S.C18H11N3O6.CNS.Ru/c1-2-3-13-30(17-7-5-4-6-8-17)22-12-11-20(31-22)16-9-10-18(27-15-16)19-14-21(29-28-19)23(24,25)26;22-16(23)9-1-3-19-12(5-9)14-7-11(18(26)27)8-15(21-14)13-6-10(17(24)25)2-4-20-13;2-1-3;/h4-12,14-15H,2-3,13H2,1H3;1-8H,(H,22,23)(H,24,25)(H,26,27);;/q-1;;-1;+2. The second-order valence-corrected chi connectivity index (χ2v) is 13.8. The van der Waals surface area contributed by atoms with Crippen molar-refractivity contribution in [3.8, 4) is 44.6 Å². The van der Waals surface area contributed by atoms with Gasteiger partial charge in [-0.15, -0.1) is 11.3 Å². The molecule has 316 valence electrons. The summed E-state index contributed by atoms with van der Waals surface area (Å²) in [6.07, 6.45) is 1.88. The average Bonchev–Trinajstić information content (AvgIpc) is 3.97. The van der Waals surface area contributed by atoms with Gasteiger partial charge >= 0.3 is 43.6 Å². The quantitative estimate of drug-likeness (QED) is 0.0590. The average molecular weight is 966 g/mol. The Balaban J connectivity index is 0.000000255. The van der Waals surface area contributed by atoms with Crippen molar-refractivity contribution in [2.24, 2.45) is 0 Å². The normalized spacial score (nSPS) is 10.5. The van der Waals surface area contributed by atoms with Crippen LogP contribution in [0.1, 0.15) is 56.5 Å². The predicted molar refractivity (Wildman–Crippen MR) is 225 cm³/mol. The molecule has 0 spiro atoms. The van der Waals surface area contributed by atoms with Crippen LogP contribution in [-0.2, 0) is 25.7 Å². The number of alkyl halides is 3. The number of halogens is 3. The number of aromatic carboxylic acids is 3. The molecule has 20 heteroatoms. The SMILES string of the molecule is CCCCN(c1ccccc1)c1ccc(-c2ccc(-c3cc(C(F)(F)F)n[n-]3)nc2)s1.O=C(O)c1ccnc(-c2cc(C(=O)O)cc(-c3cc(C(=O)O)ccn3)n2)c1.[N-]=C=S.[Ru+2]. The maximum atomic E-state index is 12.7. The van der Waals surface area contributed by atoms with E-state index >= 15 is 0 Å². The van der Waals surface area contributed by atoms with Gasteiger partial charge in [0, 0.05) is 47.0 Å². The van der Waals surface area contributed by atoms with Gasteiger partial charge in [0.15, 0.2) is 0 Å². The Hall–Kier alpha value is -6.85. The van der Waals surface area contributed by atoms with Crippen molar-refractivity contribution in [2.45, 2.75) is 25.9 Å². The van der Waals surface area contributed by atoms with Gasteiger partial charge in [-0.1, -0.05) is 49.5 Å². The number of pyridine rings is 4. The zero-order valence-corrected chi connectivity index (χ0v) is 35.4. The van der Waals surface area contributed by atoms with Crippen molar-refractivity contribution >= 4 is 57.3 Å². The summed E-state index contributed by atoms with van der Waals surface area (Å²) in [5, 5.41) is 44.0. The number of anilines is 2. The van der Waals surface area contributed by atoms with Gasteiger partial charge in [-0.05, 0) is 85.3 Å². The third kappa shape index (κ3) is 12.6. The third-order valence-corrected chi connectivity index (χ3v) is 9.57. The predicted octanol–water partition coefficient (Wildman–Crippen LogP) is 9.74. The van der Waals surface area contributed by atoms with Gasteiger partial charge in [0.1, 0.15) is 5.69 Å². The molecule has 0 fully saturated rings. The van der Waals surface area contributed by atoms with Crippen LogP contribution >= 0.6 is 23.6 Å². The molecule has 0 bridgehead atoms. The van der Waals surface area contributed by atoms with Crippen molar-refractivity contribution in [3.63, 3.8) is 0 Å². The van der Waals surface area contributed by atoms with E-state index in [-0.39, 0.29) is 64.6 Å². The van der Waals surface area contributed by atoms with E-state index < -0.39 is 29.8 Å². The number of thiophene rings is 1. The van der Waals surface area contributed by atoms with Crippen molar-refractivity contribution in [1.29, 1.82) is 0 Å². The monoisotopic (exact) mass is 966 g/mol. The van der Waals surface area contributed by atoms with Crippen LogP contribution in [0.15, 0.2) is 116 Å². The Kier molecular flexibility index (Phi) is 17.1. The van der Waals surface area contributed by atoms with Gasteiger partial charge in [0.2, 0.25) is 0 Å². The Morgan fingerprint density at radius 1 is 0.774 bits per heavy atom. The molecule has 1 aromatic carbocycles. The topological polar surface area (TPSA) is 216 Å². The van der Waals surface area contributed by atoms with E-state index in [1.165, 1.54) is 54.0 Å². The maximum absolute atomic E-state index is 12.7. The number of hydrogen-bond acceptors (Lipinski definition) is 11. The summed E-state index contributed by atoms with van der Waals surface area (Å²) >= 11 is 5.36. The molecule has 3 N–H and O–H groups in total. The molecule has 62 heavy (non-hydrogen) atoms. The fraction of sp³-hybridized carbons (Fsp3) is 0.119. The summed E-state index contributed by atoms with van der Waals surface area (Å²) in [4.78, 5) is 53.8. The third-order valence-electron chi connectivity index (χ3n) is 8.41. The van der Waals surface area contributed by atoms with Crippen LogP contribution in [0.2, 0.25) is 0 Å². The number of isothiocyanates is 1. The van der Waals surface area contributed by atoms with E-state index in [1.807, 2.05) is 30.3 Å². The number of para-hydroxylation sites is 1. The summed E-state index contributed by atoms with van der Waals surface area (Å²) < 4.78 is 38.2. The molecule has 6 heterocycles. The molecule has 0 aliphatic carbocycles. The number of carboxylic acids is 3. The van der Waals surface area contributed by atoms with Gasteiger partial charge in [0.05, 0.1) is 44.5 Å². The first kappa shape index (κ1) is 47.8. The molecule has 0 aliphatic rings. The molecule has 0 amide bonds. The number of unbranched alkanes of at least 4 members (excludes halogenated alkanes) is 1. The van der Waals surface area contributed by atoms with E-state index in [1.54, 1.807) is 23.6 Å². The van der Waals surface area contributed by atoms with Crippen molar-refractivity contribution in [2.75, 3.05) is 11.4 Å². The van der Waals surface area contributed by atoms with Crippen molar-refractivity contribution < 1.29 is 62.4 Å². The first-order valence-corrected chi connectivity index (χ1v) is 19.1. The zero-order valence-electron chi connectivity index (χ0n) is 32.0. The van der Waals surface area contributed by atoms with Crippen LogP contribution in [0.3, 0.4) is 0 Å². The zero-order chi connectivity index (χ0) is 44.1. The van der Waals surface area contributed by atoms with Gasteiger partial charge < -0.3 is 35.8 Å². The molecule has 0 unspecified atom stereocenters. The van der Waals surface area contributed by atoms with Gasteiger partial charge in [-0.2, -0.15) is 18.3 Å². The number of carbonyl (C=O) groups is 3. The van der Waals surface area contributed by atoms with Crippen LogP contribution in [0, 0.1) is 0 Å². The van der Waals surface area contributed by atoms with Gasteiger partial charge in [0.25, 0.3) is 0 Å². The van der Waals surface area contributed by atoms with Crippen LogP contribution in [0.5, 0.6) is 0 Å². The van der Waals surface area contributed by atoms with Crippen molar-refractivity contribution in [3.05, 3.63) is 143 Å². The van der Waals surface area contributed by atoms with Gasteiger partial charge in [-0.25, -0.2) is 19.4 Å². The summed E-state index contributed by atoms with van der Waals surface area (Å²) in [5.41, 5.74) is 1.88. The van der Waals surface area contributed by atoms with Crippen LogP contribution in [0.25, 0.3) is 50.0 Å². The number of hydrogen-bond donors (Lipinski definition) is 3. The second kappa shape index (κ2) is 22.1. The molecule has 0 radical (unpaired) electrons. The molecule has 7 aromatic rings. The van der Waals surface area contributed by atoms with Crippen LogP contribution < -0.4 is 10.00 Å². The molecule has 0 saturated carbocycles. The van der Waals surface area contributed by atoms with E-state index in [0.29, 0.717) is 5.69 Å². The first-order chi connectivity index (χ1) is 29.2. The first-order valence-electron chi connectivity index (χ1n) is 17.8. The summed E-state index contributed by atoms with van der Waals surface area (Å²) in [5.74, 6) is -3.56. The fourth-order valence-corrected chi connectivity index (χ4v) is 6.54. The summed E-state index contributed by atoms with van der Waals surface area (Å²) in [6, 6.07) is 26.5. The fourth-order valence-electron chi connectivity index (χ4n) is 5.49. The minimum atomic E-state index is -4.51.